The van der Waals surface area contributed by atoms with Crippen molar-refractivity contribution in [1.82, 2.24) is 0 Å². The molecule has 0 aliphatic carbocycles. The van der Waals surface area contributed by atoms with Crippen molar-refractivity contribution in [3.63, 3.8) is 0 Å². The van der Waals surface area contributed by atoms with Crippen LogP contribution < -0.4 is 9.64 Å². The Morgan fingerprint density at radius 2 is 1.28 bits per heavy atom. The Morgan fingerprint density at radius 3 is 2.11 bits per heavy atom. The molecule has 0 radical (unpaired) electrons. The second-order valence-corrected chi connectivity index (χ2v) is 12.7. The highest BCUT2D eigenvalue weighted by molar-refractivity contribution is 7.19. The fraction of sp³-hybridized carbons (Fsp3) is 0.0476. The van der Waals surface area contributed by atoms with E-state index in [0.29, 0.717) is 6.61 Å². The van der Waals surface area contributed by atoms with Gasteiger partial charge in [0.2, 0.25) is 0 Å². The third-order valence-corrected chi connectivity index (χ3v) is 9.95. The lowest BCUT2D eigenvalue weighted by atomic mass is 9.95. The van der Waals surface area contributed by atoms with Gasteiger partial charge in [0, 0.05) is 39.4 Å². The van der Waals surface area contributed by atoms with Gasteiger partial charge in [-0.3, -0.25) is 0 Å². The quantitative estimate of drug-likeness (QED) is 0.187. The Morgan fingerprint density at radius 1 is 0.543 bits per heavy atom. The molecule has 220 valence electrons. The average Bonchev–Trinajstić information content (AvgIpc) is 3.88. The molecule has 1 aliphatic heterocycles. The van der Waals surface area contributed by atoms with E-state index in [1.165, 1.54) is 27.1 Å². The summed E-state index contributed by atoms with van der Waals surface area (Å²) >= 11 is 1.79. The topological polar surface area (TPSA) is 25.6 Å². The molecular formula is C42H29NO2S. The minimum atomic E-state index is 0.707. The Labute approximate surface area is 271 Å². The first-order chi connectivity index (χ1) is 22.8. The van der Waals surface area contributed by atoms with E-state index in [1.54, 1.807) is 11.3 Å². The zero-order valence-corrected chi connectivity index (χ0v) is 25.8. The summed E-state index contributed by atoms with van der Waals surface area (Å²) in [5.41, 5.74) is 10.9. The third-order valence-electron chi connectivity index (χ3n) is 8.83. The van der Waals surface area contributed by atoms with Crippen LogP contribution in [0.1, 0.15) is 5.56 Å². The Balaban J connectivity index is 1.27. The van der Waals surface area contributed by atoms with Gasteiger partial charge in [-0.15, -0.1) is 11.3 Å². The number of thiophene rings is 1. The first-order valence-electron chi connectivity index (χ1n) is 15.6. The SMILES string of the molecule is c1ccc(-c2ccc(N(c3cc(-c4cccc5c4OCC5)c4c(c3)oc3ccccc34)c3ccc(-c4ccccc4)s3)cc2)cc1. The van der Waals surface area contributed by atoms with Gasteiger partial charge in [0.15, 0.2) is 0 Å². The highest BCUT2D eigenvalue weighted by atomic mass is 32.1. The van der Waals surface area contributed by atoms with E-state index < -0.39 is 0 Å². The number of ether oxygens (including phenoxy) is 1. The molecule has 0 atom stereocenters. The van der Waals surface area contributed by atoms with Crippen molar-refractivity contribution in [3.8, 4) is 38.4 Å². The van der Waals surface area contributed by atoms with E-state index in [-0.39, 0.29) is 0 Å². The van der Waals surface area contributed by atoms with Crippen LogP contribution in [-0.2, 0) is 6.42 Å². The maximum atomic E-state index is 6.58. The molecule has 1 aliphatic rings. The Hall–Kier alpha value is -5.58. The van der Waals surface area contributed by atoms with Crippen molar-refractivity contribution in [3.05, 3.63) is 157 Å². The summed E-state index contributed by atoms with van der Waals surface area (Å²) in [6.45, 7) is 0.707. The van der Waals surface area contributed by atoms with Gasteiger partial charge in [-0.1, -0.05) is 109 Å². The van der Waals surface area contributed by atoms with Crippen LogP contribution in [-0.4, -0.2) is 6.61 Å². The predicted molar refractivity (Wildman–Crippen MR) is 192 cm³/mol. The summed E-state index contributed by atoms with van der Waals surface area (Å²) in [4.78, 5) is 3.58. The fourth-order valence-electron chi connectivity index (χ4n) is 6.65. The second-order valence-electron chi connectivity index (χ2n) is 11.6. The van der Waals surface area contributed by atoms with Crippen LogP contribution >= 0.6 is 11.3 Å². The largest absolute Gasteiger partial charge is 0.492 e. The van der Waals surface area contributed by atoms with Gasteiger partial charge in [0.1, 0.15) is 21.9 Å². The number of hydrogen-bond acceptors (Lipinski definition) is 4. The lowest BCUT2D eigenvalue weighted by Crippen LogP contribution is -2.08. The molecule has 0 bridgehead atoms. The van der Waals surface area contributed by atoms with Crippen LogP contribution in [0, 0.1) is 0 Å². The predicted octanol–water partition coefficient (Wildman–Crippen LogP) is 12.1. The zero-order chi connectivity index (χ0) is 30.5. The molecule has 3 heterocycles. The molecule has 46 heavy (non-hydrogen) atoms. The van der Waals surface area contributed by atoms with E-state index in [9.17, 15) is 0 Å². The Kier molecular flexibility index (Phi) is 6.46. The zero-order valence-electron chi connectivity index (χ0n) is 25.0. The molecule has 0 saturated carbocycles. The number of para-hydroxylation sites is 2. The average molecular weight is 612 g/mol. The highest BCUT2D eigenvalue weighted by Crippen LogP contribution is 2.48. The monoisotopic (exact) mass is 611 g/mol. The van der Waals surface area contributed by atoms with Gasteiger partial charge >= 0.3 is 0 Å². The summed E-state index contributed by atoms with van der Waals surface area (Å²) in [7, 11) is 0. The van der Waals surface area contributed by atoms with Crippen LogP contribution in [0.15, 0.2) is 156 Å². The molecule has 0 N–H and O–H groups in total. The molecule has 8 aromatic rings. The normalized spacial score (nSPS) is 12.3. The number of hydrogen-bond donors (Lipinski definition) is 0. The van der Waals surface area contributed by atoms with Gasteiger partial charge in [0.25, 0.3) is 0 Å². The minimum absolute atomic E-state index is 0.707. The fourth-order valence-corrected chi connectivity index (χ4v) is 7.70. The first-order valence-corrected chi connectivity index (χ1v) is 16.4. The lowest BCUT2D eigenvalue weighted by Gasteiger charge is -2.25. The molecule has 0 amide bonds. The van der Waals surface area contributed by atoms with Crippen LogP contribution in [0.2, 0.25) is 0 Å². The van der Waals surface area contributed by atoms with Crippen molar-refractivity contribution in [2.75, 3.05) is 11.5 Å². The maximum Gasteiger partial charge on any atom is 0.138 e. The van der Waals surface area contributed by atoms with Crippen LogP contribution in [0.25, 0.3) is 54.6 Å². The van der Waals surface area contributed by atoms with Gasteiger partial charge in [-0.25, -0.2) is 0 Å². The molecule has 2 aromatic heterocycles. The van der Waals surface area contributed by atoms with Gasteiger partial charge in [0.05, 0.1) is 12.3 Å². The summed E-state index contributed by atoms with van der Waals surface area (Å²) in [5.74, 6) is 0.979. The standard InChI is InChI=1S/C42H29NO2S/c1-3-10-28(11-4-1)29-18-20-32(21-19-29)43(40-23-22-39(46-40)30-12-5-2-6-13-30)33-26-36(34-16-9-14-31-24-25-44-42(31)34)41-35-15-7-8-17-37(35)45-38(41)27-33/h1-23,26-27H,24-25H2. The molecule has 6 aromatic carbocycles. The summed E-state index contributed by atoms with van der Waals surface area (Å²) in [5, 5.41) is 3.34. The van der Waals surface area contributed by atoms with E-state index in [2.05, 4.69) is 150 Å². The van der Waals surface area contributed by atoms with Gasteiger partial charge in [-0.2, -0.15) is 0 Å². The van der Waals surface area contributed by atoms with Crippen molar-refractivity contribution in [2.45, 2.75) is 6.42 Å². The maximum absolute atomic E-state index is 6.58. The molecular weight excluding hydrogens is 583 g/mol. The van der Waals surface area contributed by atoms with Gasteiger partial charge in [-0.05, 0) is 64.2 Å². The van der Waals surface area contributed by atoms with Crippen molar-refractivity contribution in [2.24, 2.45) is 0 Å². The summed E-state index contributed by atoms with van der Waals surface area (Å²) < 4.78 is 12.8. The molecule has 9 rings (SSSR count). The van der Waals surface area contributed by atoms with E-state index in [0.717, 1.165) is 61.6 Å². The number of nitrogens with zero attached hydrogens (tertiary/aromatic N) is 1. The van der Waals surface area contributed by atoms with E-state index in [1.807, 2.05) is 6.07 Å². The number of furan rings is 1. The smallest absolute Gasteiger partial charge is 0.138 e. The summed E-state index contributed by atoms with van der Waals surface area (Å²) in [6, 6.07) is 53.8. The number of anilines is 3. The van der Waals surface area contributed by atoms with E-state index >= 15 is 0 Å². The van der Waals surface area contributed by atoms with Gasteiger partial charge < -0.3 is 14.1 Å². The van der Waals surface area contributed by atoms with E-state index in [4.69, 9.17) is 9.15 Å². The first kappa shape index (κ1) is 26.8. The van der Waals surface area contributed by atoms with Crippen LogP contribution in [0.3, 0.4) is 0 Å². The van der Waals surface area contributed by atoms with Crippen molar-refractivity contribution >= 4 is 49.7 Å². The number of benzene rings is 6. The lowest BCUT2D eigenvalue weighted by molar-refractivity contribution is 0.358. The van der Waals surface area contributed by atoms with Crippen molar-refractivity contribution in [1.29, 1.82) is 0 Å². The third kappa shape index (κ3) is 4.58. The molecule has 0 unspecified atom stereocenters. The van der Waals surface area contributed by atoms with Crippen molar-refractivity contribution < 1.29 is 9.15 Å². The number of fused-ring (bicyclic) bond motifs is 4. The molecule has 0 spiro atoms. The van der Waals surface area contributed by atoms with Crippen LogP contribution in [0.4, 0.5) is 16.4 Å². The highest BCUT2D eigenvalue weighted by Gasteiger charge is 2.24. The second kappa shape index (κ2) is 11.1. The molecule has 0 fully saturated rings. The molecule has 0 saturated heterocycles. The molecule has 3 nitrogen and oxygen atoms in total. The number of rotatable bonds is 6. The molecule has 4 heteroatoms. The minimum Gasteiger partial charge on any atom is -0.492 e. The Bertz CT molecular complexity index is 2340. The van der Waals surface area contributed by atoms with Crippen LogP contribution in [0.5, 0.6) is 5.75 Å². The summed E-state index contributed by atoms with van der Waals surface area (Å²) in [6.07, 6.45) is 0.926.